The Balaban J connectivity index is 1.48. The molecule has 0 aliphatic carbocycles. The molecule has 0 spiro atoms. The van der Waals surface area contributed by atoms with Crippen LogP contribution in [0.1, 0.15) is 34.5 Å². The number of nitrogens with zero attached hydrogens (tertiary/aromatic N) is 2. The number of rotatable bonds is 7. The van der Waals surface area contributed by atoms with Gasteiger partial charge in [-0.05, 0) is 61.9 Å². The molecule has 0 bridgehead atoms. The third-order valence-electron chi connectivity index (χ3n) is 5.27. The van der Waals surface area contributed by atoms with Crippen molar-refractivity contribution in [1.29, 1.82) is 0 Å². The first kappa shape index (κ1) is 22.0. The number of carbonyl (C=O) groups is 1. The highest BCUT2D eigenvalue weighted by Crippen LogP contribution is 2.22. The molecule has 4 aromatic rings. The van der Waals surface area contributed by atoms with Gasteiger partial charge < -0.3 is 15.4 Å². The third kappa shape index (κ3) is 5.54. The fraction of sp³-hybridized carbons (Fsp3) is 0.148. The Morgan fingerprint density at radius 3 is 2.61 bits per heavy atom. The molecule has 166 valence electrons. The van der Waals surface area contributed by atoms with Gasteiger partial charge in [-0.15, -0.1) is 0 Å². The van der Waals surface area contributed by atoms with Crippen molar-refractivity contribution >= 4 is 17.4 Å². The van der Waals surface area contributed by atoms with Gasteiger partial charge in [-0.3, -0.25) is 4.79 Å². The van der Waals surface area contributed by atoms with Crippen molar-refractivity contribution in [3.63, 3.8) is 0 Å². The second kappa shape index (κ2) is 9.96. The maximum atomic E-state index is 12.9. The minimum Gasteiger partial charge on any atom is -0.497 e. The molecule has 0 unspecified atom stereocenters. The summed E-state index contributed by atoms with van der Waals surface area (Å²) < 4.78 is 5.28. The Morgan fingerprint density at radius 2 is 1.79 bits per heavy atom. The molecule has 3 aromatic carbocycles. The second-order valence-electron chi connectivity index (χ2n) is 7.81. The second-order valence-corrected chi connectivity index (χ2v) is 7.81. The van der Waals surface area contributed by atoms with E-state index in [1.165, 1.54) is 0 Å². The number of hydrogen-bond donors (Lipinski definition) is 2. The Hall–Kier alpha value is -4.19. The van der Waals surface area contributed by atoms with E-state index < -0.39 is 0 Å². The molecular formula is C27H26N4O2. The molecule has 1 aromatic heterocycles. The molecule has 0 radical (unpaired) electrons. The summed E-state index contributed by atoms with van der Waals surface area (Å²) in [6, 6.07) is 24.7. The van der Waals surface area contributed by atoms with Crippen molar-refractivity contribution < 1.29 is 9.53 Å². The van der Waals surface area contributed by atoms with Gasteiger partial charge in [0.15, 0.2) is 5.82 Å². The summed E-state index contributed by atoms with van der Waals surface area (Å²) in [5, 5.41) is 6.32. The molecule has 0 saturated heterocycles. The number of amides is 1. The number of benzene rings is 3. The number of aryl methyl sites for hydroxylation is 1. The zero-order chi connectivity index (χ0) is 23.2. The van der Waals surface area contributed by atoms with Crippen LogP contribution >= 0.6 is 0 Å². The standard InChI is InChI=1S/C27H26N4O2/c1-18-7-4-9-21(15-18)26-28-14-13-25(31-26)30-23-11-5-10-22(16-23)27(32)29-19(2)20-8-6-12-24(17-20)33-3/h4-17,19H,1-3H3,(H,29,32)(H,28,30,31)/t19-/m0/s1. The summed E-state index contributed by atoms with van der Waals surface area (Å²) in [5.41, 5.74) is 4.41. The number of anilines is 2. The maximum Gasteiger partial charge on any atom is 0.251 e. The van der Waals surface area contributed by atoms with E-state index in [1.807, 2.05) is 80.6 Å². The van der Waals surface area contributed by atoms with Gasteiger partial charge >= 0.3 is 0 Å². The summed E-state index contributed by atoms with van der Waals surface area (Å²) in [5.74, 6) is 1.90. The minimum atomic E-state index is -0.164. The molecule has 0 aliphatic rings. The lowest BCUT2D eigenvalue weighted by Crippen LogP contribution is -2.26. The highest BCUT2D eigenvalue weighted by atomic mass is 16.5. The summed E-state index contributed by atoms with van der Waals surface area (Å²) in [7, 11) is 1.63. The molecule has 6 heteroatoms. The molecular weight excluding hydrogens is 412 g/mol. The molecule has 33 heavy (non-hydrogen) atoms. The van der Waals surface area contributed by atoms with Crippen LogP contribution in [0.25, 0.3) is 11.4 Å². The van der Waals surface area contributed by atoms with Crippen LogP contribution in [0.4, 0.5) is 11.5 Å². The van der Waals surface area contributed by atoms with E-state index in [0.717, 1.165) is 28.1 Å². The van der Waals surface area contributed by atoms with Crippen LogP contribution in [0, 0.1) is 6.92 Å². The Labute approximate surface area is 193 Å². The summed E-state index contributed by atoms with van der Waals surface area (Å²) in [6.45, 7) is 3.99. The van der Waals surface area contributed by atoms with Crippen molar-refractivity contribution in [3.8, 4) is 17.1 Å². The third-order valence-corrected chi connectivity index (χ3v) is 5.27. The van der Waals surface area contributed by atoms with Gasteiger partial charge in [-0.25, -0.2) is 9.97 Å². The summed E-state index contributed by atoms with van der Waals surface area (Å²) in [6.07, 6.45) is 1.72. The molecule has 4 rings (SSSR count). The summed E-state index contributed by atoms with van der Waals surface area (Å²) >= 11 is 0. The Bertz CT molecular complexity index is 1270. The van der Waals surface area contributed by atoms with Crippen molar-refractivity contribution in [2.24, 2.45) is 0 Å². The predicted octanol–water partition coefficient (Wildman–Crippen LogP) is 5.70. The molecule has 6 nitrogen and oxygen atoms in total. The number of methoxy groups -OCH3 is 1. The first-order chi connectivity index (χ1) is 16.0. The maximum absolute atomic E-state index is 12.9. The van der Waals surface area contributed by atoms with Crippen molar-refractivity contribution in [1.82, 2.24) is 15.3 Å². The van der Waals surface area contributed by atoms with E-state index >= 15 is 0 Å². The van der Waals surface area contributed by atoms with Gasteiger partial charge in [0.05, 0.1) is 13.2 Å². The smallest absolute Gasteiger partial charge is 0.251 e. The molecule has 1 heterocycles. The van der Waals surface area contributed by atoms with Crippen LogP contribution in [0.2, 0.25) is 0 Å². The van der Waals surface area contributed by atoms with Crippen molar-refractivity contribution in [2.75, 3.05) is 12.4 Å². The Kier molecular flexibility index (Phi) is 6.64. The van der Waals surface area contributed by atoms with Crippen molar-refractivity contribution in [3.05, 3.63) is 102 Å². The van der Waals surface area contributed by atoms with Gasteiger partial charge in [0, 0.05) is 23.0 Å². The average molecular weight is 439 g/mol. The summed E-state index contributed by atoms with van der Waals surface area (Å²) in [4.78, 5) is 21.9. The highest BCUT2D eigenvalue weighted by Gasteiger charge is 2.13. The SMILES string of the molecule is COc1cccc([C@H](C)NC(=O)c2cccc(Nc3ccnc(-c4cccc(C)c4)n3)c2)c1. The fourth-order valence-electron chi connectivity index (χ4n) is 3.51. The molecule has 0 saturated carbocycles. The lowest BCUT2D eigenvalue weighted by atomic mass is 10.1. The van der Waals surface area contributed by atoms with Gasteiger partial charge in [-0.2, -0.15) is 0 Å². The van der Waals surface area contributed by atoms with Crippen LogP contribution < -0.4 is 15.4 Å². The normalized spacial score (nSPS) is 11.5. The largest absolute Gasteiger partial charge is 0.497 e. The molecule has 2 N–H and O–H groups in total. The van der Waals surface area contributed by atoms with Gasteiger partial charge in [-0.1, -0.05) is 42.0 Å². The minimum absolute atomic E-state index is 0.155. The number of ether oxygens (including phenoxy) is 1. The first-order valence-corrected chi connectivity index (χ1v) is 10.7. The van der Waals surface area contributed by atoms with Gasteiger partial charge in [0.1, 0.15) is 11.6 Å². The van der Waals surface area contributed by atoms with Crippen LogP contribution in [0.5, 0.6) is 5.75 Å². The van der Waals surface area contributed by atoms with Crippen LogP contribution in [0.3, 0.4) is 0 Å². The topological polar surface area (TPSA) is 76.1 Å². The van der Waals surface area contributed by atoms with E-state index in [9.17, 15) is 4.79 Å². The lowest BCUT2D eigenvalue weighted by molar-refractivity contribution is 0.0940. The molecule has 0 aliphatic heterocycles. The zero-order valence-corrected chi connectivity index (χ0v) is 18.9. The number of nitrogens with one attached hydrogen (secondary N) is 2. The number of hydrogen-bond acceptors (Lipinski definition) is 5. The lowest BCUT2D eigenvalue weighted by Gasteiger charge is -2.16. The average Bonchev–Trinajstić information content (AvgIpc) is 2.84. The predicted molar refractivity (Wildman–Crippen MR) is 131 cm³/mol. The first-order valence-electron chi connectivity index (χ1n) is 10.7. The van der Waals surface area contributed by atoms with E-state index in [-0.39, 0.29) is 11.9 Å². The van der Waals surface area contributed by atoms with E-state index in [2.05, 4.69) is 20.6 Å². The van der Waals surface area contributed by atoms with Crippen LogP contribution in [-0.2, 0) is 0 Å². The fourth-order valence-corrected chi connectivity index (χ4v) is 3.51. The van der Waals surface area contributed by atoms with E-state index in [1.54, 1.807) is 25.4 Å². The van der Waals surface area contributed by atoms with E-state index in [4.69, 9.17) is 4.74 Å². The Morgan fingerprint density at radius 1 is 0.970 bits per heavy atom. The van der Waals surface area contributed by atoms with E-state index in [0.29, 0.717) is 17.2 Å². The van der Waals surface area contributed by atoms with Gasteiger partial charge in [0.25, 0.3) is 5.91 Å². The molecule has 0 fully saturated rings. The highest BCUT2D eigenvalue weighted by molar-refractivity contribution is 5.95. The molecule has 1 amide bonds. The van der Waals surface area contributed by atoms with Gasteiger partial charge in [0.2, 0.25) is 0 Å². The quantitative estimate of drug-likeness (QED) is 0.387. The number of aromatic nitrogens is 2. The van der Waals surface area contributed by atoms with Crippen LogP contribution in [0.15, 0.2) is 85.1 Å². The number of carbonyl (C=O) groups excluding carboxylic acids is 1. The zero-order valence-electron chi connectivity index (χ0n) is 18.9. The van der Waals surface area contributed by atoms with Crippen molar-refractivity contribution in [2.45, 2.75) is 19.9 Å². The monoisotopic (exact) mass is 438 g/mol. The van der Waals surface area contributed by atoms with Crippen LogP contribution in [-0.4, -0.2) is 23.0 Å². The molecule has 1 atom stereocenters.